The highest BCUT2D eigenvalue weighted by Gasteiger charge is 2.39. The monoisotopic (exact) mass is 341 g/mol. The van der Waals surface area contributed by atoms with Gasteiger partial charge in [0.15, 0.2) is 5.78 Å². The van der Waals surface area contributed by atoms with E-state index in [1.165, 1.54) is 37.0 Å². The Morgan fingerprint density at radius 3 is 2.84 bits per heavy atom. The molecule has 2 aliphatic rings. The molecule has 0 radical (unpaired) electrons. The Morgan fingerprint density at radius 1 is 1.42 bits per heavy atom. The van der Waals surface area contributed by atoms with Crippen LogP contribution < -0.4 is 0 Å². The van der Waals surface area contributed by atoms with Crippen LogP contribution in [0.2, 0.25) is 0 Å². The van der Waals surface area contributed by atoms with Crippen molar-refractivity contribution >= 4 is 33.0 Å². The normalized spacial score (nSPS) is 29.3. The summed E-state index contributed by atoms with van der Waals surface area (Å²) in [5.74, 6) is 3.03. The van der Waals surface area contributed by atoms with E-state index in [2.05, 4.69) is 27.9 Å². The number of hydrogen-bond donors (Lipinski definition) is 0. The Labute approximate surface area is 127 Å². The molecule has 2 aliphatic carbocycles. The maximum absolute atomic E-state index is 12.1. The van der Waals surface area contributed by atoms with Gasteiger partial charge in [-0.1, -0.05) is 6.42 Å². The fourth-order valence-corrected chi connectivity index (χ4v) is 5.17. The number of carbonyl (C=O) groups is 1. The number of Topliss-reactive ketones (excluding diaryl/α,β-unsaturated/α-hetero) is 1. The van der Waals surface area contributed by atoms with Crippen LogP contribution in [0.25, 0.3) is 0 Å². The molecule has 0 spiro atoms. The first kappa shape index (κ1) is 13.8. The second-order valence-electron chi connectivity index (χ2n) is 6.16. The number of ketones is 1. The van der Waals surface area contributed by atoms with Crippen molar-refractivity contribution in [3.8, 4) is 0 Å². The van der Waals surface area contributed by atoms with Gasteiger partial charge < -0.3 is 0 Å². The van der Waals surface area contributed by atoms with E-state index in [4.69, 9.17) is 0 Å². The van der Waals surface area contributed by atoms with Gasteiger partial charge in [-0.25, -0.2) is 0 Å². The van der Waals surface area contributed by atoms with Crippen LogP contribution in [0, 0.1) is 17.8 Å². The van der Waals surface area contributed by atoms with Gasteiger partial charge in [0.25, 0.3) is 0 Å². The van der Waals surface area contributed by atoms with E-state index in [9.17, 15) is 4.79 Å². The molecule has 2 bridgehead atoms. The first-order valence-electron chi connectivity index (χ1n) is 7.09. The van der Waals surface area contributed by atoms with Crippen molar-refractivity contribution in [3.05, 3.63) is 20.8 Å². The average Bonchev–Trinajstić information content (AvgIpc) is 3.04. The summed E-state index contributed by atoms with van der Waals surface area (Å²) in [5, 5.41) is 0. The minimum atomic E-state index is 0.251. The van der Waals surface area contributed by atoms with E-state index in [0.29, 0.717) is 6.54 Å². The van der Waals surface area contributed by atoms with Crippen molar-refractivity contribution in [1.29, 1.82) is 0 Å². The molecule has 3 atom stereocenters. The molecular formula is C15H20BrNOS. The van der Waals surface area contributed by atoms with Crippen LogP contribution in [0.5, 0.6) is 0 Å². The predicted octanol–water partition coefficient (Wildman–Crippen LogP) is 4.06. The van der Waals surface area contributed by atoms with Crippen LogP contribution >= 0.6 is 27.3 Å². The lowest BCUT2D eigenvalue weighted by atomic mass is 9.88. The molecular weight excluding hydrogens is 322 g/mol. The van der Waals surface area contributed by atoms with Crippen LogP contribution in [0.1, 0.15) is 35.4 Å². The summed E-state index contributed by atoms with van der Waals surface area (Å²) in [6.07, 6.45) is 5.72. The summed E-state index contributed by atoms with van der Waals surface area (Å²) in [4.78, 5) is 15.2. The summed E-state index contributed by atoms with van der Waals surface area (Å²) >= 11 is 4.95. The standard InChI is InChI=1S/C15H20BrNOS/c1-17(8-12-7-10-2-3-11(12)6-10)9-13(18)14-4-5-15(16)19-14/h4-5,10-12H,2-3,6-9H2,1H3. The summed E-state index contributed by atoms with van der Waals surface area (Å²) in [7, 11) is 2.09. The zero-order valence-electron chi connectivity index (χ0n) is 11.3. The summed E-state index contributed by atoms with van der Waals surface area (Å²) in [6, 6.07) is 3.87. The Balaban J connectivity index is 1.51. The number of rotatable bonds is 5. The molecule has 1 aromatic heterocycles. The second-order valence-corrected chi connectivity index (χ2v) is 8.62. The Morgan fingerprint density at radius 2 is 2.26 bits per heavy atom. The number of nitrogens with zero attached hydrogens (tertiary/aromatic N) is 1. The van der Waals surface area contributed by atoms with Crippen molar-refractivity contribution in [3.63, 3.8) is 0 Å². The quantitative estimate of drug-likeness (QED) is 0.752. The molecule has 2 fully saturated rings. The summed E-state index contributed by atoms with van der Waals surface area (Å²) in [5.41, 5.74) is 0. The molecule has 3 rings (SSSR count). The Bertz CT molecular complexity index is 472. The van der Waals surface area contributed by atoms with E-state index in [1.807, 2.05) is 12.1 Å². The van der Waals surface area contributed by atoms with Gasteiger partial charge in [0, 0.05) is 6.54 Å². The fourth-order valence-electron chi connectivity index (χ4n) is 3.85. The van der Waals surface area contributed by atoms with Gasteiger partial charge in [0.05, 0.1) is 15.2 Å². The average molecular weight is 342 g/mol. The molecule has 3 unspecified atom stereocenters. The molecule has 1 heterocycles. The van der Waals surface area contributed by atoms with Gasteiger partial charge in [0.2, 0.25) is 0 Å². The molecule has 0 N–H and O–H groups in total. The molecule has 0 aliphatic heterocycles. The summed E-state index contributed by atoms with van der Waals surface area (Å²) in [6.45, 7) is 1.65. The van der Waals surface area contributed by atoms with E-state index in [0.717, 1.165) is 33.0 Å². The molecule has 19 heavy (non-hydrogen) atoms. The topological polar surface area (TPSA) is 20.3 Å². The van der Waals surface area contributed by atoms with E-state index >= 15 is 0 Å². The molecule has 0 amide bonds. The Kier molecular flexibility index (Phi) is 4.11. The molecule has 104 valence electrons. The smallest absolute Gasteiger partial charge is 0.186 e. The zero-order valence-corrected chi connectivity index (χ0v) is 13.7. The van der Waals surface area contributed by atoms with Crippen molar-refractivity contribution in [1.82, 2.24) is 4.90 Å². The van der Waals surface area contributed by atoms with Crippen LogP contribution in [-0.4, -0.2) is 30.8 Å². The minimum Gasteiger partial charge on any atom is -0.299 e. The SMILES string of the molecule is CN(CC(=O)c1ccc(Br)s1)CC1CC2CCC1C2. The number of carbonyl (C=O) groups excluding carboxylic acids is 1. The van der Waals surface area contributed by atoms with Gasteiger partial charge in [-0.15, -0.1) is 11.3 Å². The van der Waals surface area contributed by atoms with Crippen LogP contribution in [-0.2, 0) is 0 Å². The fraction of sp³-hybridized carbons (Fsp3) is 0.667. The first-order chi connectivity index (χ1) is 9.11. The molecule has 4 heteroatoms. The lowest BCUT2D eigenvalue weighted by molar-refractivity contribution is 0.0933. The first-order valence-corrected chi connectivity index (χ1v) is 8.70. The largest absolute Gasteiger partial charge is 0.299 e. The van der Waals surface area contributed by atoms with Gasteiger partial charge in [-0.05, 0) is 72.1 Å². The lowest BCUT2D eigenvalue weighted by Crippen LogP contribution is -2.32. The molecule has 2 saturated carbocycles. The molecule has 0 saturated heterocycles. The van der Waals surface area contributed by atoms with Crippen LogP contribution in [0.15, 0.2) is 15.9 Å². The van der Waals surface area contributed by atoms with E-state index < -0.39 is 0 Å². The van der Waals surface area contributed by atoms with Crippen molar-refractivity contribution in [2.45, 2.75) is 25.7 Å². The highest BCUT2D eigenvalue weighted by atomic mass is 79.9. The van der Waals surface area contributed by atoms with E-state index in [1.54, 1.807) is 0 Å². The number of hydrogen-bond acceptors (Lipinski definition) is 3. The van der Waals surface area contributed by atoms with Gasteiger partial charge in [0.1, 0.15) is 0 Å². The highest BCUT2D eigenvalue weighted by Crippen LogP contribution is 2.48. The molecule has 0 aromatic carbocycles. The number of thiophene rings is 1. The number of likely N-dealkylation sites (N-methyl/N-ethyl adjacent to an activating group) is 1. The third kappa shape index (κ3) is 3.11. The summed E-state index contributed by atoms with van der Waals surface area (Å²) < 4.78 is 1.03. The number of fused-ring (bicyclic) bond motifs is 2. The number of halogens is 1. The van der Waals surface area contributed by atoms with E-state index in [-0.39, 0.29) is 5.78 Å². The van der Waals surface area contributed by atoms with Gasteiger partial charge >= 0.3 is 0 Å². The van der Waals surface area contributed by atoms with Gasteiger partial charge in [-0.3, -0.25) is 9.69 Å². The molecule has 1 aromatic rings. The maximum atomic E-state index is 12.1. The maximum Gasteiger partial charge on any atom is 0.186 e. The lowest BCUT2D eigenvalue weighted by Gasteiger charge is -2.26. The third-order valence-electron chi connectivity index (χ3n) is 4.69. The predicted molar refractivity (Wildman–Crippen MR) is 82.8 cm³/mol. The van der Waals surface area contributed by atoms with Crippen LogP contribution in [0.3, 0.4) is 0 Å². The molecule has 2 nitrogen and oxygen atoms in total. The Hall–Kier alpha value is -0.190. The van der Waals surface area contributed by atoms with Crippen molar-refractivity contribution in [2.75, 3.05) is 20.1 Å². The zero-order chi connectivity index (χ0) is 13.4. The highest BCUT2D eigenvalue weighted by molar-refractivity contribution is 9.11. The van der Waals surface area contributed by atoms with Crippen molar-refractivity contribution in [2.24, 2.45) is 17.8 Å². The van der Waals surface area contributed by atoms with Crippen molar-refractivity contribution < 1.29 is 4.79 Å². The van der Waals surface area contributed by atoms with Gasteiger partial charge in [-0.2, -0.15) is 0 Å². The second kappa shape index (κ2) is 5.66. The minimum absolute atomic E-state index is 0.251. The van der Waals surface area contributed by atoms with Crippen LogP contribution in [0.4, 0.5) is 0 Å². The third-order valence-corrected chi connectivity index (χ3v) is 6.36.